The van der Waals surface area contributed by atoms with E-state index in [1.54, 1.807) is 0 Å². The van der Waals surface area contributed by atoms with Crippen molar-refractivity contribution in [3.05, 3.63) is 71.8 Å². The van der Waals surface area contributed by atoms with Crippen LogP contribution in [0.1, 0.15) is 31.9 Å². The fourth-order valence-electron chi connectivity index (χ4n) is 4.54. The first-order valence-corrected chi connectivity index (χ1v) is 9.58. The number of fused-ring (bicyclic) bond motifs is 4. The third-order valence-corrected chi connectivity index (χ3v) is 8.12. The summed E-state index contributed by atoms with van der Waals surface area (Å²) in [4.78, 5) is 0. The summed E-state index contributed by atoms with van der Waals surface area (Å²) >= 11 is 2.67. The van der Waals surface area contributed by atoms with Gasteiger partial charge in [-0.25, -0.2) is 0 Å². The van der Waals surface area contributed by atoms with Gasteiger partial charge in [0.2, 0.25) is 0 Å². The van der Waals surface area contributed by atoms with Crippen molar-refractivity contribution in [2.75, 3.05) is 0 Å². The van der Waals surface area contributed by atoms with E-state index in [2.05, 4.69) is 104 Å². The molecule has 5 rings (SSSR count). The van der Waals surface area contributed by atoms with Crippen LogP contribution in [0.25, 0.3) is 32.3 Å². The van der Waals surface area contributed by atoms with Gasteiger partial charge in [-0.15, -0.1) is 0 Å². The topological polar surface area (TPSA) is 0 Å². The molecule has 0 saturated heterocycles. The number of hydrogen-bond acceptors (Lipinski definition) is 0. The molecular weight excluding hydrogens is 403 g/mol. The molecular formula is C23H19I. The minimum Gasteiger partial charge on any atom is -0.0730 e. The van der Waals surface area contributed by atoms with Gasteiger partial charge in [0.25, 0.3) is 0 Å². The molecule has 1 heteroatoms. The lowest BCUT2D eigenvalue weighted by Gasteiger charge is -2.35. The van der Waals surface area contributed by atoms with E-state index in [9.17, 15) is 0 Å². The Bertz CT molecular complexity index is 1150. The maximum absolute atomic E-state index is 2.67. The molecule has 0 aliphatic heterocycles. The average Bonchev–Trinajstić information content (AvgIpc) is 2.74. The van der Waals surface area contributed by atoms with Gasteiger partial charge >= 0.3 is 0 Å². The number of halogens is 1. The van der Waals surface area contributed by atoms with Crippen molar-refractivity contribution < 1.29 is 0 Å². The van der Waals surface area contributed by atoms with Crippen molar-refractivity contribution in [3.63, 3.8) is 0 Å². The molecule has 1 aliphatic rings. The molecule has 0 bridgehead atoms. The van der Waals surface area contributed by atoms with E-state index in [1.165, 1.54) is 43.4 Å². The van der Waals surface area contributed by atoms with E-state index in [1.807, 2.05) is 0 Å². The van der Waals surface area contributed by atoms with Crippen molar-refractivity contribution in [2.45, 2.75) is 29.6 Å². The molecule has 0 amide bonds. The van der Waals surface area contributed by atoms with E-state index >= 15 is 0 Å². The Kier molecular flexibility index (Phi) is 2.77. The van der Waals surface area contributed by atoms with Crippen molar-refractivity contribution >= 4 is 54.9 Å². The van der Waals surface area contributed by atoms with Crippen LogP contribution in [0.3, 0.4) is 0 Å². The summed E-state index contributed by atoms with van der Waals surface area (Å²) in [5, 5.41) is 8.33. The van der Waals surface area contributed by atoms with Crippen LogP contribution in [0, 0.1) is 0 Å². The summed E-state index contributed by atoms with van der Waals surface area (Å²) in [6.45, 7) is 7.20. The first-order chi connectivity index (χ1) is 11.4. The van der Waals surface area contributed by atoms with Crippen molar-refractivity contribution in [1.82, 2.24) is 0 Å². The molecule has 1 unspecified atom stereocenters. The monoisotopic (exact) mass is 422 g/mol. The van der Waals surface area contributed by atoms with Gasteiger partial charge in [-0.3, -0.25) is 0 Å². The molecule has 0 nitrogen and oxygen atoms in total. The number of alkyl halides is 1. The highest BCUT2D eigenvalue weighted by molar-refractivity contribution is 14.1. The highest BCUT2D eigenvalue weighted by Crippen LogP contribution is 2.59. The average molecular weight is 422 g/mol. The molecule has 0 radical (unpaired) electrons. The van der Waals surface area contributed by atoms with E-state index in [0.29, 0.717) is 0 Å². The predicted molar refractivity (Wildman–Crippen MR) is 113 cm³/mol. The van der Waals surface area contributed by atoms with E-state index < -0.39 is 0 Å². The first-order valence-electron chi connectivity index (χ1n) is 8.50. The van der Waals surface area contributed by atoms with Crippen LogP contribution in [-0.2, 0) is 8.84 Å². The Morgan fingerprint density at radius 2 is 1.46 bits per heavy atom. The summed E-state index contributed by atoms with van der Waals surface area (Å²) in [6.07, 6.45) is 0. The van der Waals surface area contributed by atoms with Crippen LogP contribution in [0.2, 0.25) is 0 Å². The van der Waals surface area contributed by atoms with Gasteiger partial charge in [-0.2, -0.15) is 0 Å². The van der Waals surface area contributed by atoms with Crippen LogP contribution in [-0.4, -0.2) is 0 Å². The standard InChI is InChI=1S/C23H19I/c1-22(2)21-17-12-11-14-7-4-5-9-16(14)18(17)13-15-8-6-10-19(20(15)21)23(22,3)24/h4-13H,1-3H3. The SMILES string of the molecule is CC1(C)c2c3ccc4ccccc4c3cc3cccc(c23)C1(C)I. The maximum Gasteiger partial charge on any atom is 0.0539 e. The van der Waals surface area contributed by atoms with Crippen LogP contribution in [0.15, 0.2) is 60.7 Å². The number of rotatable bonds is 0. The molecule has 4 aromatic rings. The zero-order valence-corrected chi connectivity index (χ0v) is 16.3. The molecule has 24 heavy (non-hydrogen) atoms. The molecule has 0 saturated carbocycles. The van der Waals surface area contributed by atoms with E-state index in [0.717, 1.165) is 0 Å². The van der Waals surface area contributed by atoms with Gasteiger partial charge in [-0.05, 0) is 56.4 Å². The molecule has 1 aliphatic carbocycles. The minimum absolute atomic E-state index is 0.0947. The summed E-state index contributed by atoms with van der Waals surface area (Å²) in [5.41, 5.74) is 3.10. The fourth-order valence-corrected chi connectivity index (χ4v) is 5.26. The summed E-state index contributed by atoms with van der Waals surface area (Å²) in [5.74, 6) is 0. The van der Waals surface area contributed by atoms with Crippen molar-refractivity contribution in [1.29, 1.82) is 0 Å². The van der Waals surface area contributed by atoms with Crippen LogP contribution >= 0.6 is 22.6 Å². The van der Waals surface area contributed by atoms with E-state index in [4.69, 9.17) is 0 Å². The third kappa shape index (κ3) is 1.59. The molecule has 118 valence electrons. The Morgan fingerprint density at radius 1 is 0.708 bits per heavy atom. The van der Waals surface area contributed by atoms with Crippen molar-refractivity contribution in [3.8, 4) is 0 Å². The summed E-state index contributed by atoms with van der Waals surface area (Å²) in [6, 6.07) is 22.6. The second-order valence-corrected chi connectivity index (χ2v) is 9.82. The molecule has 0 spiro atoms. The lowest BCUT2D eigenvalue weighted by Crippen LogP contribution is -2.33. The Hall–Kier alpha value is -1.61. The number of hydrogen-bond donors (Lipinski definition) is 0. The van der Waals surface area contributed by atoms with Gasteiger partial charge in [0, 0.05) is 5.41 Å². The normalized spacial score (nSPS) is 21.8. The highest BCUT2D eigenvalue weighted by atomic mass is 127. The zero-order valence-electron chi connectivity index (χ0n) is 14.2. The molecule has 0 fully saturated rings. The molecule has 0 heterocycles. The van der Waals surface area contributed by atoms with Gasteiger partial charge in [-0.1, -0.05) is 91.0 Å². The van der Waals surface area contributed by atoms with Crippen molar-refractivity contribution in [2.24, 2.45) is 0 Å². The van der Waals surface area contributed by atoms with Crippen LogP contribution in [0.5, 0.6) is 0 Å². The Labute approximate surface area is 156 Å². The lowest BCUT2D eigenvalue weighted by atomic mass is 9.76. The van der Waals surface area contributed by atoms with E-state index in [-0.39, 0.29) is 8.84 Å². The molecule has 0 aromatic heterocycles. The highest BCUT2D eigenvalue weighted by Gasteiger charge is 2.49. The Morgan fingerprint density at radius 3 is 2.29 bits per heavy atom. The molecule has 0 N–H and O–H groups in total. The summed E-state index contributed by atoms with van der Waals surface area (Å²) < 4.78 is 0.104. The van der Waals surface area contributed by atoms with Gasteiger partial charge in [0.15, 0.2) is 0 Å². The van der Waals surface area contributed by atoms with Crippen LogP contribution < -0.4 is 0 Å². The maximum atomic E-state index is 2.67. The van der Waals surface area contributed by atoms with Gasteiger partial charge < -0.3 is 0 Å². The molecule has 1 atom stereocenters. The first kappa shape index (κ1) is 14.7. The predicted octanol–water partition coefficient (Wildman–Crippen LogP) is 7.09. The second kappa shape index (κ2) is 4.51. The largest absolute Gasteiger partial charge is 0.0730 e. The van der Waals surface area contributed by atoms with Gasteiger partial charge in [0.05, 0.1) is 3.42 Å². The second-order valence-electron chi connectivity index (χ2n) is 7.67. The minimum atomic E-state index is 0.0947. The third-order valence-electron chi connectivity index (χ3n) is 6.19. The lowest BCUT2D eigenvalue weighted by molar-refractivity contribution is 0.441. The van der Waals surface area contributed by atoms with Gasteiger partial charge in [0.1, 0.15) is 0 Å². The number of benzene rings is 4. The fraction of sp³-hybridized carbons (Fsp3) is 0.217. The smallest absolute Gasteiger partial charge is 0.0539 e. The Balaban J connectivity index is 2.10. The summed E-state index contributed by atoms with van der Waals surface area (Å²) in [7, 11) is 0. The quantitative estimate of drug-likeness (QED) is 0.123. The molecule has 4 aromatic carbocycles. The van der Waals surface area contributed by atoms with Crippen LogP contribution in [0.4, 0.5) is 0 Å². The zero-order chi connectivity index (χ0) is 16.7.